The van der Waals surface area contributed by atoms with Gasteiger partial charge in [-0.15, -0.1) is 6.58 Å². The van der Waals surface area contributed by atoms with E-state index >= 15 is 0 Å². The van der Waals surface area contributed by atoms with Crippen LogP contribution in [0, 0.1) is 0 Å². The maximum absolute atomic E-state index is 5.64. The van der Waals surface area contributed by atoms with Crippen LogP contribution in [0.3, 0.4) is 0 Å². The van der Waals surface area contributed by atoms with Gasteiger partial charge in [0, 0.05) is 0 Å². The summed E-state index contributed by atoms with van der Waals surface area (Å²) in [6.45, 7) is 7.18. The van der Waals surface area contributed by atoms with E-state index in [1.54, 1.807) is 0 Å². The van der Waals surface area contributed by atoms with E-state index in [4.69, 9.17) is 4.74 Å². The molecule has 0 aliphatic carbocycles. The molecule has 0 heterocycles. The lowest BCUT2D eigenvalue weighted by Gasteiger charge is -2.07. The highest BCUT2D eigenvalue weighted by Crippen LogP contribution is 2.21. The fraction of sp³-hybridized carbons (Fsp3) is 0.267. The van der Waals surface area contributed by atoms with E-state index < -0.39 is 0 Å². The summed E-state index contributed by atoms with van der Waals surface area (Å²) >= 11 is 0. The zero-order chi connectivity index (χ0) is 21.7. The van der Waals surface area contributed by atoms with Crippen molar-refractivity contribution < 1.29 is 4.74 Å². The van der Waals surface area contributed by atoms with E-state index in [0.717, 1.165) is 38.7 Å². The highest BCUT2D eigenvalue weighted by molar-refractivity contribution is 5.64. The van der Waals surface area contributed by atoms with Crippen LogP contribution in [0.15, 0.2) is 97.6 Å². The van der Waals surface area contributed by atoms with Gasteiger partial charge in [-0.05, 0) is 72.4 Å². The smallest absolute Gasteiger partial charge is 0.0717 e. The molecule has 0 radical (unpaired) electrons. The van der Waals surface area contributed by atoms with Crippen molar-refractivity contribution in [2.24, 2.45) is 0 Å². The van der Waals surface area contributed by atoms with Gasteiger partial charge in [0.15, 0.2) is 0 Å². The molecule has 0 fully saturated rings. The molecule has 0 spiro atoms. The van der Waals surface area contributed by atoms with Gasteiger partial charge >= 0.3 is 0 Å². The molecule has 3 aromatic carbocycles. The molecule has 3 rings (SSSR count). The monoisotopic (exact) mass is 410 g/mol. The maximum Gasteiger partial charge on any atom is 0.0717 e. The molecule has 0 amide bonds. The van der Waals surface area contributed by atoms with Crippen molar-refractivity contribution >= 4 is 0 Å². The lowest BCUT2D eigenvalue weighted by Crippen LogP contribution is -1.94. The van der Waals surface area contributed by atoms with Crippen LogP contribution in [0.5, 0.6) is 0 Å². The van der Waals surface area contributed by atoms with Crippen molar-refractivity contribution in [3.05, 3.63) is 120 Å². The first-order valence-corrected chi connectivity index (χ1v) is 11.3. The number of hydrogen-bond donors (Lipinski definition) is 0. The second-order valence-electron chi connectivity index (χ2n) is 7.95. The van der Waals surface area contributed by atoms with Gasteiger partial charge in [0.1, 0.15) is 0 Å². The Morgan fingerprint density at radius 1 is 0.645 bits per heavy atom. The first kappa shape index (κ1) is 22.8. The quantitative estimate of drug-likeness (QED) is 0.219. The third-order valence-electron chi connectivity index (χ3n) is 5.54. The summed E-state index contributed by atoms with van der Waals surface area (Å²) in [5.74, 6) is 0. The van der Waals surface area contributed by atoms with Crippen LogP contribution >= 0.6 is 0 Å². The van der Waals surface area contributed by atoms with Crippen LogP contribution in [-0.4, -0.2) is 6.61 Å². The van der Waals surface area contributed by atoms with Crippen molar-refractivity contribution in [2.75, 3.05) is 6.61 Å². The van der Waals surface area contributed by atoms with Crippen LogP contribution in [0.2, 0.25) is 0 Å². The van der Waals surface area contributed by atoms with E-state index in [0.29, 0.717) is 6.61 Å². The van der Waals surface area contributed by atoms with Crippen molar-refractivity contribution in [2.45, 2.75) is 45.6 Å². The van der Waals surface area contributed by atoms with Crippen LogP contribution in [0.4, 0.5) is 0 Å². The fourth-order valence-corrected chi connectivity index (χ4v) is 3.59. The zero-order valence-electron chi connectivity index (χ0n) is 18.7. The molecule has 0 N–H and O–H groups in total. The minimum Gasteiger partial charge on any atom is -0.376 e. The molecular weight excluding hydrogens is 376 g/mol. The lowest BCUT2D eigenvalue weighted by molar-refractivity contribution is 0.125. The van der Waals surface area contributed by atoms with Crippen LogP contribution in [0.25, 0.3) is 11.1 Å². The molecule has 0 atom stereocenters. The molecular formula is C30H34O. The van der Waals surface area contributed by atoms with Crippen LogP contribution in [-0.2, 0) is 30.6 Å². The Morgan fingerprint density at radius 3 is 1.65 bits per heavy atom. The highest BCUT2D eigenvalue weighted by Gasteiger charge is 2.01. The van der Waals surface area contributed by atoms with Gasteiger partial charge in [0.05, 0.1) is 13.2 Å². The maximum atomic E-state index is 5.64. The number of hydrogen-bond acceptors (Lipinski definition) is 1. The molecule has 0 aliphatic rings. The Labute approximate surface area is 188 Å². The first-order valence-electron chi connectivity index (χ1n) is 11.3. The average Bonchev–Trinajstić information content (AvgIpc) is 2.82. The summed E-state index contributed by atoms with van der Waals surface area (Å²) in [6, 6.07) is 26.7. The number of ether oxygens (including phenoxy) is 1. The minimum atomic E-state index is 0.657. The average molecular weight is 411 g/mol. The Balaban J connectivity index is 1.49. The lowest BCUT2D eigenvalue weighted by atomic mass is 9.99. The van der Waals surface area contributed by atoms with Crippen molar-refractivity contribution in [3.8, 4) is 11.1 Å². The summed E-state index contributed by atoms with van der Waals surface area (Å²) in [7, 11) is 0. The van der Waals surface area contributed by atoms with Crippen LogP contribution in [0.1, 0.15) is 42.0 Å². The predicted octanol–water partition coefficient (Wildman–Crippen LogP) is 7.74. The highest BCUT2D eigenvalue weighted by atomic mass is 16.5. The van der Waals surface area contributed by atoms with Gasteiger partial charge in [-0.1, -0.05) is 91.0 Å². The summed E-state index contributed by atoms with van der Waals surface area (Å²) in [5, 5.41) is 0. The van der Waals surface area contributed by atoms with Gasteiger partial charge < -0.3 is 4.74 Å². The van der Waals surface area contributed by atoms with Gasteiger partial charge in [0.2, 0.25) is 0 Å². The normalized spacial score (nSPS) is 11.1. The summed E-state index contributed by atoms with van der Waals surface area (Å²) < 4.78 is 5.64. The van der Waals surface area contributed by atoms with Crippen molar-refractivity contribution in [1.29, 1.82) is 0 Å². The molecule has 0 unspecified atom stereocenters. The van der Waals surface area contributed by atoms with E-state index in [1.807, 2.05) is 6.08 Å². The van der Waals surface area contributed by atoms with E-state index in [9.17, 15) is 0 Å². The standard InChI is InChI=1S/C30H34O/c1-3-5-7-8-25-9-11-26(12-10-25)13-14-27-15-19-29(20-16-27)30-21-17-28(18-22-30)24-31-23-6-4-2/h3-5,9-12,15-22H,2,6-8,13-14,23-24H2,1H3/b5-3+. The number of benzene rings is 3. The summed E-state index contributed by atoms with van der Waals surface area (Å²) in [5.41, 5.74) is 7.92. The van der Waals surface area contributed by atoms with E-state index in [2.05, 4.69) is 98.5 Å². The third-order valence-corrected chi connectivity index (χ3v) is 5.54. The van der Waals surface area contributed by atoms with Gasteiger partial charge in [-0.2, -0.15) is 0 Å². The number of allylic oxidation sites excluding steroid dienone is 2. The number of rotatable bonds is 12. The van der Waals surface area contributed by atoms with E-state index in [-0.39, 0.29) is 0 Å². The molecule has 1 heteroatoms. The molecule has 3 aromatic rings. The molecule has 0 aliphatic heterocycles. The predicted molar refractivity (Wildman–Crippen MR) is 133 cm³/mol. The zero-order valence-corrected chi connectivity index (χ0v) is 18.7. The molecule has 0 saturated heterocycles. The molecule has 31 heavy (non-hydrogen) atoms. The van der Waals surface area contributed by atoms with Gasteiger partial charge in [0.25, 0.3) is 0 Å². The Hall–Kier alpha value is -2.90. The largest absolute Gasteiger partial charge is 0.376 e. The molecule has 0 aromatic heterocycles. The minimum absolute atomic E-state index is 0.657. The fourth-order valence-electron chi connectivity index (χ4n) is 3.59. The van der Waals surface area contributed by atoms with Gasteiger partial charge in [-0.25, -0.2) is 0 Å². The summed E-state index contributed by atoms with van der Waals surface area (Å²) in [4.78, 5) is 0. The molecule has 0 bridgehead atoms. The topological polar surface area (TPSA) is 9.23 Å². The molecule has 1 nitrogen and oxygen atoms in total. The molecule has 0 saturated carbocycles. The second-order valence-corrected chi connectivity index (χ2v) is 7.95. The van der Waals surface area contributed by atoms with Gasteiger partial charge in [-0.3, -0.25) is 0 Å². The Morgan fingerprint density at radius 2 is 1.13 bits per heavy atom. The third kappa shape index (κ3) is 7.70. The number of aryl methyl sites for hydroxylation is 3. The SMILES string of the molecule is C=CCCOCc1ccc(-c2ccc(CCc3ccc(CC/C=C/C)cc3)cc2)cc1. The summed E-state index contributed by atoms with van der Waals surface area (Å²) in [6.07, 6.45) is 11.5. The van der Waals surface area contributed by atoms with Crippen molar-refractivity contribution in [1.82, 2.24) is 0 Å². The van der Waals surface area contributed by atoms with E-state index in [1.165, 1.54) is 33.4 Å². The van der Waals surface area contributed by atoms with Crippen LogP contribution < -0.4 is 0 Å². The Kier molecular flexibility index (Phi) is 9.34. The molecule has 160 valence electrons. The van der Waals surface area contributed by atoms with Crippen molar-refractivity contribution in [3.63, 3.8) is 0 Å². The second kappa shape index (κ2) is 12.7. The first-order chi connectivity index (χ1) is 15.3. The Bertz CT molecular complexity index is 931.